The molecule has 0 saturated heterocycles. The highest BCUT2D eigenvalue weighted by molar-refractivity contribution is 7.03. The first kappa shape index (κ1) is 14.2. The summed E-state index contributed by atoms with van der Waals surface area (Å²) >= 11 is 1.31. The third kappa shape index (κ3) is 2.96. The Labute approximate surface area is 131 Å². The molecule has 0 aliphatic heterocycles. The van der Waals surface area contributed by atoms with Crippen molar-refractivity contribution >= 4 is 23.1 Å². The fourth-order valence-corrected chi connectivity index (χ4v) is 2.51. The zero-order valence-corrected chi connectivity index (χ0v) is 12.6. The zero-order chi connectivity index (χ0) is 15.4. The Balaban J connectivity index is 1.77. The molecule has 0 spiro atoms. The number of ether oxygens (including phenoxy) is 1. The summed E-state index contributed by atoms with van der Waals surface area (Å²) in [5.41, 5.74) is 3.00. The number of rotatable bonds is 4. The van der Waals surface area contributed by atoms with E-state index >= 15 is 0 Å². The van der Waals surface area contributed by atoms with Crippen LogP contribution in [-0.4, -0.2) is 22.6 Å². The molecule has 110 valence electrons. The van der Waals surface area contributed by atoms with Gasteiger partial charge in [-0.05, 0) is 35.8 Å². The number of nitrogens with one attached hydrogen (secondary N) is 1. The lowest BCUT2D eigenvalue weighted by atomic mass is 10.1. The highest BCUT2D eigenvalue weighted by atomic mass is 32.1. The van der Waals surface area contributed by atoms with Crippen LogP contribution in [0.25, 0.3) is 11.3 Å². The van der Waals surface area contributed by atoms with E-state index < -0.39 is 0 Å². The number of hydrogen-bond donors (Lipinski definition) is 1. The van der Waals surface area contributed by atoms with Crippen LogP contribution >= 0.6 is 11.5 Å². The quantitative estimate of drug-likeness (QED) is 0.801. The maximum atomic E-state index is 12.3. The minimum absolute atomic E-state index is 0.208. The van der Waals surface area contributed by atoms with Crippen LogP contribution < -0.4 is 10.1 Å². The molecule has 1 N–H and O–H groups in total. The Morgan fingerprint density at radius 2 is 1.91 bits per heavy atom. The van der Waals surface area contributed by atoms with Crippen molar-refractivity contribution in [2.24, 2.45) is 0 Å². The molecule has 2 aromatic carbocycles. The minimum Gasteiger partial charge on any atom is -0.496 e. The van der Waals surface area contributed by atoms with Crippen LogP contribution in [0, 0.1) is 0 Å². The Bertz CT molecular complexity index is 770. The second-order valence-electron chi connectivity index (χ2n) is 4.52. The highest BCUT2D eigenvalue weighted by Crippen LogP contribution is 2.22. The monoisotopic (exact) mass is 311 g/mol. The van der Waals surface area contributed by atoms with Gasteiger partial charge >= 0.3 is 0 Å². The predicted octanol–water partition coefficient (Wildman–Crippen LogP) is 3.47. The fourth-order valence-electron chi connectivity index (χ4n) is 2.05. The van der Waals surface area contributed by atoms with E-state index in [-0.39, 0.29) is 5.91 Å². The maximum Gasteiger partial charge on any atom is 0.259 e. The zero-order valence-electron chi connectivity index (χ0n) is 11.8. The van der Waals surface area contributed by atoms with Crippen LogP contribution in [0.3, 0.4) is 0 Å². The second-order valence-corrected chi connectivity index (χ2v) is 5.13. The van der Waals surface area contributed by atoms with Gasteiger partial charge in [0.1, 0.15) is 11.4 Å². The molecule has 1 aromatic heterocycles. The molecule has 5 nitrogen and oxygen atoms in total. The second kappa shape index (κ2) is 6.36. The number of carbonyl (C=O) groups excluding carboxylic acids is 1. The minimum atomic E-state index is -0.208. The number of hydrogen-bond acceptors (Lipinski definition) is 5. The Kier molecular flexibility index (Phi) is 4.11. The molecule has 0 atom stereocenters. The first-order valence-electron chi connectivity index (χ1n) is 6.60. The van der Waals surface area contributed by atoms with Gasteiger partial charge in [0, 0.05) is 16.6 Å². The summed E-state index contributed by atoms with van der Waals surface area (Å²) in [6, 6.07) is 14.6. The van der Waals surface area contributed by atoms with Crippen molar-refractivity contribution < 1.29 is 9.53 Å². The first-order valence-corrected chi connectivity index (χ1v) is 7.43. The summed E-state index contributed by atoms with van der Waals surface area (Å²) < 4.78 is 9.03. The van der Waals surface area contributed by atoms with Gasteiger partial charge in [0.05, 0.1) is 12.7 Å². The van der Waals surface area contributed by atoms with Crippen molar-refractivity contribution in [3.05, 3.63) is 59.5 Å². The van der Waals surface area contributed by atoms with Crippen molar-refractivity contribution in [3.63, 3.8) is 0 Å². The molecule has 22 heavy (non-hydrogen) atoms. The van der Waals surface area contributed by atoms with Crippen molar-refractivity contribution in [3.8, 4) is 17.0 Å². The lowest BCUT2D eigenvalue weighted by Gasteiger charge is -2.09. The van der Waals surface area contributed by atoms with Crippen molar-refractivity contribution in [2.45, 2.75) is 0 Å². The Morgan fingerprint density at radius 1 is 1.14 bits per heavy atom. The van der Waals surface area contributed by atoms with E-state index in [0.29, 0.717) is 17.0 Å². The number of methoxy groups -OCH3 is 1. The van der Waals surface area contributed by atoms with Crippen molar-refractivity contribution in [1.29, 1.82) is 0 Å². The molecule has 0 aliphatic rings. The summed E-state index contributed by atoms with van der Waals surface area (Å²) in [7, 11) is 1.54. The molecular formula is C16H13N3O2S. The maximum absolute atomic E-state index is 12.3. The van der Waals surface area contributed by atoms with Gasteiger partial charge in [-0.3, -0.25) is 4.79 Å². The van der Waals surface area contributed by atoms with Gasteiger partial charge < -0.3 is 10.1 Å². The molecule has 0 radical (unpaired) electrons. The average molecular weight is 311 g/mol. The number of aromatic nitrogens is 2. The Morgan fingerprint density at radius 3 is 2.59 bits per heavy atom. The van der Waals surface area contributed by atoms with Crippen LogP contribution in [-0.2, 0) is 0 Å². The van der Waals surface area contributed by atoms with E-state index in [2.05, 4.69) is 14.9 Å². The number of benzene rings is 2. The topological polar surface area (TPSA) is 64.1 Å². The van der Waals surface area contributed by atoms with Gasteiger partial charge in [0.2, 0.25) is 0 Å². The van der Waals surface area contributed by atoms with Crippen LogP contribution in [0.4, 0.5) is 5.69 Å². The van der Waals surface area contributed by atoms with E-state index in [1.165, 1.54) is 11.5 Å². The standard InChI is InChI=1S/C16H13N3O2S/c1-21-15-5-3-2-4-13(15)16(20)17-12-8-6-11(7-9-12)14-10-22-19-18-14/h2-10H,1H3,(H,17,20). The smallest absolute Gasteiger partial charge is 0.259 e. The van der Waals surface area contributed by atoms with Crippen molar-refractivity contribution in [2.75, 3.05) is 12.4 Å². The summed E-state index contributed by atoms with van der Waals surface area (Å²) in [6.07, 6.45) is 0. The number of amides is 1. The van der Waals surface area contributed by atoms with Gasteiger partial charge in [0.25, 0.3) is 5.91 Å². The van der Waals surface area contributed by atoms with Crippen LogP contribution in [0.1, 0.15) is 10.4 Å². The molecule has 6 heteroatoms. The number of anilines is 1. The SMILES string of the molecule is COc1ccccc1C(=O)Nc1ccc(-c2csnn2)cc1. The summed E-state index contributed by atoms with van der Waals surface area (Å²) in [4.78, 5) is 12.3. The van der Waals surface area contributed by atoms with Gasteiger partial charge in [-0.2, -0.15) is 0 Å². The van der Waals surface area contributed by atoms with Gasteiger partial charge in [0.15, 0.2) is 0 Å². The Hall–Kier alpha value is -2.73. The summed E-state index contributed by atoms with van der Waals surface area (Å²) in [5.74, 6) is 0.339. The molecule has 0 unspecified atom stereocenters. The lowest BCUT2D eigenvalue weighted by Crippen LogP contribution is -2.12. The third-order valence-electron chi connectivity index (χ3n) is 3.15. The molecule has 1 heterocycles. The molecular weight excluding hydrogens is 298 g/mol. The number of para-hydroxylation sites is 1. The molecule has 0 saturated carbocycles. The van der Waals surface area contributed by atoms with E-state index in [0.717, 1.165) is 11.3 Å². The van der Waals surface area contributed by atoms with E-state index in [9.17, 15) is 4.79 Å². The third-order valence-corrected chi connectivity index (χ3v) is 3.65. The largest absolute Gasteiger partial charge is 0.496 e. The predicted molar refractivity (Wildman–Crippen MR) is 86.3 cm³/mol. The van der Waals surface area contributed by atoms with E-state index in [4.69, 9.17) is 4.74 Å². The molecule has 1 amide bonds. The molecule has 3 aromatic rings. The highest BCUT2D eigenvalue weighted by Gasteiger charge is 2.11. The van der Waals surface area contributed by atoms with Crippen LogP contribution in [0.5, 0.6) is 5.75 Å². The van der Waals surface area contributed by atoms with Gasteiger partial charge in [-0.25, -0.2) is 0 Å². The molecule has 3 rings (SSSR count). The van der Waals surface area contributed by atoms with Crippen molar-refractivity contribution in [1.82, 2.24) is 9.59 Å². The number of nitrogens with zero attached hydrogens (tertiary/aromatic N) is 2. The normalized spacial score (nSPS) is 10.2. The van der Waals surface area contributed by atoms with Gasteiger partial charge in [-0.1, -0.05) is 28.8 Å². The molecule has 0 fully saturated rings. The average Bonchev–Trinajstić information content (AvgIpc) is 3.10. The van der Waals surface area contributed by atoms with E-state index in [1.54, 1.807) is 25.3 Å². The summed E-state index contributed by atoms with van der Waals surface area (Å²) in [6.45, 7) is 0. The fraction of sp³-hybridized carbons (Fsp3) is 0.0625. The molecule has 0 aliphatic carbocycles. The lowest BCUT2D eigenvalue weighted by molar-refractivity contribution is 0.102. The summed E-state index contributed by atoms with van der Waals surface area (Å²) in [5, 5.41) is 8.74. The number of carbonyl (C=O) groups is 1. The first-order chi connectivity index (χ1) is 10.8. The van der Waals surface area contributed by atoms with Crippen LogP contribution in [0.15, 0.2) is 53.9 Å². The molecule has 0 bridgehead atoms. The van der Waals surface area contributed by atoms with Gasteiger partial charge in [-0.15, -0.1) is 5.10 Å². The van der Waals surface area contributed by atoms with E-state index in [1.807, 2.05) is 35.7 Å². The van der Waals surface area contributed by atoms with Crippen LogP contribution in [0.2, 0.25) is 0 Å².